The van der Waals surface area contributed by atoms with Gasteiger partial charge in [0.05, 0.1) is 0 Å². The van der Waals surface area contributed by atoms with E-state index in [1.54, 1.807) is 0 Å². The lowest BCUT2D eigenvalue weighted by Crippen LogP contribution is -2.28. The number of allylic oxidation sites excluding steroid dienone is 15. The minimum absolute atomic E-state index is 0.116. The van der Waals surface area contributed by atoms with Gasteiger partial charge in [0.25, 0.3) is 0 Å². The van der Waals surface area contributed by atoms with Gasteiger partial charge in [-0.3, -0.25) is 14.4 Å². The maximum atomic E-state index is 13.9. The molecule has 0 amide bonds. The van der Waals surface area contributed by atoms with Gasteiger partial charge >= 0.3 is 0 Å². The number of carbonyl (C=O) groups is 3. The second-order valence-corrected chi connectivity index (χ2v) is 22.9. The van der Waals surface area contributed by atoms with E-state index in [1.165, 1.54) is 0 Å². The third kappa shape index (κ3) is 9.62. The van der Waals surface area contributed by atoms with Gasteiger partial charge in [0.15, 0.2) is 17.3 Å². The molecule has 4 rings (SSSR count). The van der Waals surface area contributed by atoms with Crippen LogP contribution < -0.4 is 0 Å². The molecule has 57 heavy (non-hydrogen) atoms. The number of hydrogen-bond acceptors (Lipinski definition) is 3. The summed E-state index contributed by atoms with van der Waals surface area (Å²) in [4.78, 5) is 41.8. The van der Waals surface area contributed by atoms with Gasteiger partial charge in [-0.2, -0.15) is 0 Å². The van der Waals surface area contributed by atoms with E-state index in [2.05, 4.69) is 200 Å². The Labute approximate surface area is 346 Å². The maximum Gasteiger partial charge on any atom is 0.186 e. The van der Waals surface area contributed by atoms with Crippen LogP contribution in [0.15, 0.2) is 86.6 Å². The van der Waals surface area contributed by atoms with Crippen LogP contribution in [0.1, 0.15) is 158 Å². The molecule has 1 aromatic rings. The number of benzene rings is 1. The van der Waals surface area contributed by atoms with E-state index in [4.69, 9.17) is 0 Å². The van der Waals surface area contributed by atoms with E-state index >= 15 is 0 Å². The monoisotopic (exact) mass is 769 g/mol. The highest BCUT2D eigenvalue weighted by Crippen LogP contribution is 2.44. The summed E-state index contributed by atoms with van der Waals surface area (Å²) in [6, 6.07) is 0. The van der Waals surface area contributed by atoms with Crippen LogP contribution in [0.5, 0.6) is 0 Å². The Morgan fingerprint density at radius 3 is 0.561 bits per heavy atom. The van der Waals surface area contributed by atoms with Crippen molar-refractivity contribution >= 4 is 35.6 Å². The summed E-state index contributed by atoms with van der Waals surface area (Å²) in [5.74, 6) is 0.347. The summed E-state index contributed by atoms with van der Waals surface area (Å²) in [6.07, 6.45) is 19.3. The Morgan fingerprint density at radius 1 is 0.298 bits per heavy atom. The van der Waals surface area contributed by atoms with Crippen molar-refractivity contribution < 1.29 is 14.4 Å². The Hall–Kier alpha value is -4.11. The van der Waals surface area contributed by atoms with Crippen molar-refractivity contribution in [2.24, 2.45) is 32.5 Å². The van der Waals surface area contributed by atoms with Crippen LogP contribution >= 0.6 is 0 Å². The molecule has 3 aliphatic carbocycles. The molecule has 3 aliphatic rings. The molecule has 0 heterocycles. The van der Waals surface area contributed by atoms with Gasteiger partial charge in [0, 0.05) is 33.4 Å². The van der Waals surface area contributed by atoms with E-state index < -0.39 is 0 Å². The lowest BCUT2D eigenvalue weighted by atomic mass is 9.71. The number of carbonyl (C=O) groups excluding carboxylic acids is 3. The molecule has 1 aromatic carbocycles. The Morgan fingerprint density at radius 2 is 0.439 bits per heavy atom. The maximum absolute atomic E-state index is 13.9. The van der Waals surface area contributed by atoms with Crippen molar-refractivity contribution in [2.45, 2.75) is 145 Å². The van der Waals surface area contributed by atoms with Crippen molar-refractivity contribution in [2.75, 3.05) is 0 Å². The quantitative estimate of drug-likeness (QED) is 0.308. The standard InChI is InChI=1S/C54H72O3/c1-31-37(22-34-25-40(49(4,5)6)46(55)41(26-34)50(7,8)9)32(2)39(24-36-29-44(53(16,17)18)48(57)45(30-36)54(19,20)21)33(3)38(31)23-35-27-42(51(10,11)12)47(56)43(28-35)52(13,14)15/h22-30H,1-21H3. The Bertz CT molecular complexity index is 1830. The first-order chi connectivity index (χ1) is 25.5. The summed E-state index contributed by atoms with van der Waals surface area (Å²) in [6.45, 7) is 44.5. The SMILES string of the molecule is Cc1c(C=C2C=C(C(C)(C)C)C(=O)C(C(C)(C)C)=C2)c(C)c(C=C2C=C(C(C)(C)C)C(=O)C(C(C)(C)C)=C2)c(C)c1C=C1C=C(C(C)(C)C)C(=O)C(C(C)(C)C)=C1. The van der Waals surface area contributed by atoms with E-state index in [9.17, 15) is 14.4 Å². The third-order valence-corrected chi connectivity index (χ3v) is 11.5. The predicted octanol–water partition coefficient (Wildman–Crippen LogP) is 14.3. The highest BCUT2D eigenvalue weighted by atomic mass is 16.1. The molecule has 0 spiro atoms. The normalized spacial score (nSPS) is 17.8. The Kier molecular flexibility index (Phi) is 11.9. The van der Waals surface area contributed by atoms with Gasteiger partial charge in [-0.15, -0.1) is 0 Å². The molecule has 0 saturated carbocycles. The first kappa shape index (κ1) is 45.6. The molecular formula is C54H72O3. The van der Waals surface area contributed by atoms with E-state index in [-0.39, 0.29) is 49.8 Å². The first-order valence-electron chi connectivity index (χ1n) is 20.8. The van der Waals surface area contributed by atoms with Crippen LogP contribution in [0.2, 0.25) is 0 Å². The molecule has 0 atom stereocenters. The fourth-order valence-electron chi connectivity index (χ4n) is 7.97. The number of Topliss-reactive ketones (excluding diaryl/α,β-unsaturated/α-hetero) is 3. The second kappa shape index (κ2) is 14.9. The number of ketones is 3. The number of hydrogen-bond donors (Lipinski definition) is 0. The largest absolute Gasteiger partial charge is 0.289 e. The van der Waals surface area contributed by atoms with Crippen LogP contribution in [-0.4, -0.2) is 17.3 Å². The summed E-state index contributed by atoms with van der Waals surface area (Å²) >= 11 is 0. The zero-order valence-electron chi connectivity index (χ0n) is 39.4. The van der Waals surface area contributed by atoms with Crippen molar-refractivity contribution in [3.8, 4) is 0 Å². The molecule has 0 N–H and O–H groups in total. The topological polar surface area (TPSA) is 51.2 Å². The average Bonchev–Trinajstić information content (AvgIpc) is 3.02. The fraction of sp³-hybridized carbons (Fsp3) is 0.500. The molecule has 0 fully saturated rings. The van der Waals surface area contributed by atoms with Gasteiger partial charge in [-0.25, -0.2) is 0 Å². The van der Waals surface area contributed by atoms with Gasteiger partial charge in [0.1, 0.15) is 0 Å². The lowest BCUT2D eigenvalue weighted by molar-refractivity contribution is -0.114. The highest BCUT2D eigenvalue weighted by molar-refractivity contribution is 6.14. The van der Waals surface area contributed by atoms with Crippen LogP contribution in [0.25, 0.3) is 18.2 Å². The summed E-state index contributed by atoms with van der Waals surface area (Å²) in [5, 5.41) is 0. The smallest absolute Gasteiger partial charge is 0.186 e. The minimum atomic E-state index is -0.331. The fourth-order valence-corrected chi connectivity index (χ4v) is 7.97. The average molecular weight is 769 g/mol. The van der Waals surface area contributed by atoms with Gasteiger partial charge in [0.2, 0.25) is 0 Å². The van der Waals surface area contributed by atoms with E-state index in [0.717, 1.165) is 83.5 Å². The van der Waals surface area contributed by atoms with Gasteiger partial charge in [-0.05, 0) is 158 Å². The molecule has 0 aromatic heterocycles. The van der Waals surface area contributed by atoms with Crippen LogP contribution in [0, 0.1) is 53.3 Å². The van der Waals surface area contributed by atoms with Crippen molar-refractivity contribution in [3.05, 3.63) is 120 Å². The molecular weight excluding hydrogens is 697 g/mol. The van der Waals surface area contributed by atoms with Crippen molar-refractivity contribution in [3.63, 3.8) is 0 Å². The molecule has 0 radical (unpaired) electrons. The molecule has 3 heteroatoms. The van der Waals surface area contributed by atoms with E-state index in [0.29, 0.717) is 0 Å². The van der Waals surface area contributed by atoms with E-state index in [1.807, 2.05) is 0 Å². The molecule has 3 nitrogen and oxygen atoms in total. The predicted molar refractivity (Wildman–Crippen MR) is 245 cm³/mol. The first-order valence-corrected chi connectivity index (χ1v) is 20.8. The molecule has 0 saturated heterocycles. The van der Waals surface area contributed by atoms with Crippen LogP contribution in [0.4, 0.5) is 0 Å². The summed E-state index contributed by atoms with van der Waals surface area (Å²) in [5.41, 5.74) is 12.5. The highest BCUT2D eigenvalue weighted by Gasteiger charge is 2.37. The van der Waals surface area contributed by atoms with Crippen LogP contribution in [-0.2, 0) is 14.4 Å². The number of rotatable bonds is 3. The van der Waals surface area contributed by atoms with Crippen molar-refractivity contribution in [1.82, 2.24) is 0 Å². The van der Waals surface area contributed by atoms with Gasteiger partial charge in [-0.1, -0.05) is 125 Å². The molecule has 0 unspecified atom stereocenters. The third-order valence-electron chi connectivity index (χ3n) is 11.5. The summed E-state index contributed by atoms with van der Waals surface area (Å²) < 4.78 is 0. The second-order valence-electron chi connectivity index (χ2n) is 22.9. The summed E-state index contributed by atoms with van der Waals surface area (Å²) in [7, 11) is 0. The zero-order chi connectivity index (χ0) is 43.8. The molecule has 306 valence electrons. The van der Waals surface area contributed by atoms with Crippen LogP contribution in [0.3, 0.4) is 0 Å². The van der Waals surface area contributed by atoms with Crippen molar-refractivity contribution in [1.29, 1.82) is 0 Å². The van der Waals surface area contributed by atoms with Gasteiger partial charge < -0.3 is 0 Å². The molecule has 0 aliphatic heterocycles. The zero-order valence-corrected chi connectivity index (χ0v) is 39.4. The Balaban J connectivity index is 2.22. The molecule has 0 bridgehead atoms. The minimum Gasteiger partial charge on any atom is -0.289 e. The lowest BCUT2D eigenvalue weighted by Gasteiger charge is -2.32.